The van der Waals surface area contributed by atoms with Gasteiger partial charge in [-0.3, -0.25) is 9.59 Å². The van der Waals surface area contributed by atoms with E-state index in [-0.39, 0.29) is 23.9 Å². The topological polar surface area (TPSA) is 58.2 Å². The summed E-state index contributed by atoms with van der Waals surface area (Å²) in [4.78, 5) is 25.0. The van der Waals surface area contributed by atoms with Crippen molar-refractivity contribution in [1.82, 2.24) is 10.6 Å². The Bertz CT molecular complexity index is 571. The molecule has 3 rings (SSSR count). The Morgan fingerprint density at radius 1 is 0.692 bits per heavy atom. The molecule has 26 heavy (non-hydrogen) atoms. The molecule has 2 saturated carbocycles. The van der Waals surface area contributed by atoms with E-state index in [1.807, 2.05) is 0 Å². The van der Waals surface area contributed by atoms with Gasteiger partial charge in [-0.05, 0) is 61.8 Å². The van der Waals surface area contributed by atoms with Crippen LogP contribution in [0.3, 0.4) is 0 Å². The summed E-state index contributed by atoms with van der Waals surface area (Å²) in [6.45, 7) is 4.42. The second kappa shape index (κ2) is 8.70. The minimum absolute atomic E-state index is 0.0309. The van der Waals surface area contributed by atoms with Crippen LogP contribution in [0.4, 0.5) is 0 Å². The summed E-state index contributed by atoms with van der Waals surface area (Å²) in [5.41, 5.74) is 1.26. The lowest BCUT2D eigenvalue weighted by molar-refractivity contribution is 0.0898. The first kappa shape index (κ1) is 18.9. The molecule has 1 aromatic carbocycles. The molecule has 0 aromatic heterocycles. The molecular formula is C22H32N2O2. The number of amides is 2. The molecule has 0 aliphatic heterocycles. The SMILES string of the molecule is C[C@@H]1CCCC[C@H]1NC(=O)c1ccc(C(=O)N[C@@H]2CCCC[C@@H]2C)cc1. The summed E-state index contributed by atoms with van der Waals surface area (Å²) in [6, 6.07) is 7.60. The molecule has 2 aliphatic rings. The van der Waals surface area contributed by atoms with Crippen LogP contribution in [-0.2, 0) is 0 Å². The van der Waals surface area contributed by atoms with E-state index in [2.05, 4.69) is 24.5 Å². The van der Waals surface area contributed by atoms with Crippen molar-refractivity contribution in [2.45, 2.75) is 77.3 Å². The summed E-state index contributed by atoms with van der Waals surface area (Å²) in [5.74, 6) is 1.01. The fourth-order valence-corrected chi connectivity index (χ4v) is 4.34. The molecule has 0 unspecified atom stereocenters. The van der Waals surface area contributed by atoms with E-state index in [0.29, 0.717) is 23.0 Å². The van der Waals surface area contributed by atoms with Crippen molar-refractivity contribution >= 4 is 11.8 Å². The maximum Gasteiger partial charge on any atom is 0.251 e. The highest BCUT2D eigenvalue weighted by atomic mass is 16.2. The van der Waals surface area contributed by atoms with Crippen LogP contribution >= 0.6 is 0 Å². The largest absolute Gasteiger partial charge is 0.349 e. The van der Waals surface area contributed by atoms with Crippen LogP contribution in [0, 0.1) is 11.8 Å². The van der Waals surface area contributed by atoms with Crippen molar-refractivity contribution in [3.8, 4) is 0 Å². The van der Waals surface area contributed by atoms with Crippen molar-refractivity contribution < 1.29 is 9.59 Å². The van der Waals surface area contributed by atoms with Gasteiger partial charge in [0.25, 0.3) is 11.8 Å². The molecule has 0 heterocycles. The second-order valence-electron chi connectivity index (χ2n) is 8.26. The number of carbonyl (C=O) groups excluding carboxylic acids is 2. The van der Waals surface area contributed by atoms with Gasteiger partial charge in [0.15, 0.2) is 0 Å². The van der Waals surface area contributed by atoms with Crippen molar-refractivity contribution in [1.29, 1.82) is 0 Å². The Hall–Kier alpha value is -1.84. The average Bonchev–Trinajstić information content (AvgIpc) is 2.65. The number of hydrogen-bond donors (Lipinski definition) is 2. The van der Waals surface area contributed by atoms with Gasteiger partial charge in [-0.25, -0.2) is 0 Å². The minimum Gasteiger partial charge on any atom is -0.349 e. The zero-order valence-corrected chi connectivity index (χ0v) is 16.1. The van der Waals surface area contributed by atoms with Crippen LogP contribution in [0.15, 0.2) is 24.3 Å². The predicted octanol–water partition coefficient (Wildman–Crippen LogP) is 4.30. The first-order valence-corrected chi connectivity index (χ1v) is 10.3. The molecule has 2 amide bonds. The summed E-state index contributed by atoms with van der Waals surface area (Å²) >= 11 is 0. The Balaban J connectivity index is 1.57. The fraction of sp³-hybridized carbons (Fsp3) is 0.636. The third-order valence-corrected chi connectivity index (χ3v) is 6.27. The summed E-state index contributed by atoms with van der Waals surface area (Å²) in [6.07, 6.45) is 9.39. The van der Waals surface area contributed by atoms with Crippen LogP contribution < -0.4 is 10.6 Å². The highest BCUT2D eigenvalue weighted by molar-refractivity contribution is 5.98. The fourth-order valence-electron chi connectivity index (χ4n) is 4.34. The molecule has 0 spiro atoms. The van der Waals surface area contributed by atoms with Crippen molar-refractivity contribution in [2.75, 3.05) is 0 Å². The first-order valence-electron chi connectivity index (χ1n) is 10.3. The van der Waals surface area contributed by atoms with E-state index in [1.54, 1.807) is 24.3 Å². The maximum atomic E-state index is 12.5. The van der Waals surface area contributed by atoms with E-state index >= 15 is 0 Å². The van der Waals surface area contributed by atoms with E-state index < -0.39 is 0 Å². The number of hydrogen-bond acceptors (Lipinski definition) is 2. The van der Waals surface area contributed by atoms with Crippen LogP contribution in [0.5, 0.6) is 0 Å². The van der Waals surface area contributed by atoms with Gasteiger partial charge in [0.2, 0.25) is 0 Å². The molecule has 0 radical (unpaired) electrons. The van der Waals surface area contributed by atoms with E-state index in [0.717, 1.165) is 12.8 Å². The molecule has 4 heteroatoms. The Morgan fingerprint density at radius 3 is 1.38 bits per heavy atom. The van der Waals surface area contributed by atoms with E-state index in [4.69, 9.17) is 0 Å². The smallest absolute Gasteiger partial charge is 0.251 e. The Kier molecular flexibility index (Phi) is 6.33. The van der Waals surface area contributed by atoms with Gasteiger partial charge in [-0.1, -0.05) is 39.5 Å². The molecule has 0 bridgehead atoms. The summed E-state index contributed by atoms with van der Waals surface area (Å²) < 4.78 is 0. The monoisotopic (exact) mass is 356 g/mol. The zero-order chi connectivity index (χ0) is 18.5. The second-order valence-corrected chi connectivity index (χ2v) is 8.26. The lowest BCUT2D eigenvalue weighted by atomic mass is 9.85. The van der Waals surface area contributed by atoms with E-state index in [1.165, 1.54) is 38.5 Å². The van der Waals surface area contributed by atoms with Crippen molar-refractivity contribution in [3.63, 3.8) is 0 Å². The highest BCUT2D eigenvalue weighted by Crippen LogP contribution is 2.25. The molecule has 4 nitrogen and oxygen atoms in total. The lowest BCUT2D eigenvalue weighted by Crippen LogP contribution is -2.41. The lowest BCUT2D eigenvalue weighted by Gasteiger charge is -2.29. The number of nitrogens with one attached hydrogen (secondary N) is 2. The van der Waals surface area contributed by atoms with Crippen molar-refractivity contribution in [3.05, 3.63) is 35.4 Å². The number of rotatable bonds is 4. The van der Waals surface area contributed by atoms with Gasteiger partial charge in [0, 0.05) is 23.2 Å². The Morgan fingerprint density at radius 2 is 1.04 bits per heavy atom. The third kappa shape index (κ3) is 4.66. The van der Waals surface area contributed by atoms with Gasteiger partial charge in [0.1, 0.15) is 0 Å². The van der Waals surface area contributed by atoms with Crippen LogP contribution in [0.25, 0.3) is 0 Å². The molecule has 4 atom stereocenters. The standard InChI is InChI=1S/C22H32N2O2/c1-15-7-3-5-9-19(15)23-21(25)17-11-13-18(14-12-17)22(26)24-20-10-6-4-8-16(20)2/h11-16,19-20H,3-10H2,1-2H3,(H,23,25)(H,24,26)/t15-,16+,19-,20-/m1/s1. The van der Waals surface area contributed by atoms with Crippen LogP contribution in [0.2, 0.25) is 0 Å². The molecule has 2 N–H and O–H groups in total. The minimum atomic E-state index is -0.0309. The third-order valence-electron chi connectivity index (χ3n) is 6.27. The van der Waals surface area contributed by atoms with E-state index in [9.17, 15) is 9.59 Å². The van der Waals surface area contributed by atoms with Gasteiger partial charge < -0.3 is 10.6 Å². The quantitative estimate of drug-likeness (QED) is 0.845. The molecule has 142 valence electrons. The van der Waals surface area contributed by atoms with Gasteiger partial charge >= 0.3 is 0 Å². The zero-order valence-electron chi connectivity index (χ0n) is 16.1. The highest BCUT2D eigenvalue weighted by Gasteiger charge is 2.24. The molecule has 1 aromatic rings. The maximum absolute atomic E-state index is 12.5. The average molecular weight is 357 g/mol. The van der Waals surface area contributed by atoms with Gasteiger partial charge in [0.05, 0.1) is 0 Å². The van der Waals surface area contributed by atoms with Crippen LogP contribution in [-0.4, -0.2) is 23.9 Å². The molecule has 2 aliphatic carbocycles. The number of carbonyl (C=O) groups is 2. The summed E-state index contributed by atoms with van der Waals surface area (Å²) in [5, 5.41) is 6.33. The van der Waals surface area contributed by atoms with Crippen molar-refractivity contribution in [2.24, 2.45) is 11.8 Å². The van der Waals surface area contributed by atoms with Gasteiger partial charge in [-0.15, -0.1) is 0 Å². The molecular weight excluding hydrogens is 324 g/mol. The predicted molar refractivity (Wildman–Crippen MR) is 104 cm³/mol. The normalized spacial score (nSPS) is 29.0. The van der Waals surface area contributed by atoms with Gasteiger partial charge in [-0.2, -0.15) is 0 Å². The molecule has 2 fully saturated rings. The molecule has 0 saturated heterocycles. The number of benzene rings is 1. The first-order chi connectivity index (χ1) is 12.5. The summed E-state index contributed by atoms with van der Waals surface area (Å²) in [7, 11) is 0. The Labute approximate surface area is 157 Å². The van der Waals surface area contributed by atoms with Crippen LogP contribution in [0.1, 0.15) is 85.9 Å².